The number of anilines is 6. The fourth-order valence-electron chi connectivity index (χ4n) is 10.3. The van der Waals surface area contributed by atoms with Crippen molar-refractivity contribution in [2.24, 2.45) is 0 Å². The van der Waals surface area contributed by atoms with Gasteiger partial charge in [-0.3, -0.25) is 0 Å². The highest BCUT2D eigenvalue weighted by molar-refractivity contribution is 6.89. The summed E-state index contributed by atoms with van der Waals surface area (Å²) in [6.07, 6.45) is 0. The Bertz CT molecular complexity index is 3470. The number of rotatable bonds is 9. The van der Waals surface area contributed by atoms with Crippen molar-refractivity contribution in [2.75, 3.05) is 9.80 Å². The molecule has 67 heavy (non-hydrogen) atoms. The number of hydrogen-bond donors (Lipinski definition) is 0. The van der Waals surface area contributed by atoms with Crippen LogP contribution in [0.2, 0.25) is 39.3 Å². The van der Waals surface area contributed by atoms with Gasteiger partial charge in [-0.05, 0) is 108 Å². The van der Waals surface area contributed by atoms with Crippen molar-refractivity contribution >= 4 is 115 Å². The summed E-state index contributed by atoms with van der Waals surface area (Å²) in [7, 11) is -3.08. The first kappa shape index (κ1) is 42.4. The van der Waals surface area contributed by atoms with Crippen LogP contribution in [0, 0.1) is 13.8 Å². The highest BCUT2D eigenvalue weighted by Gasteiger charge is 2.27. The minimum atomic E-state index is -1.54. The molecule has 0 saturated heterocycles. The molecule has 11 aromatic rings. The van der Waals surface area contributed by atoms with Gasteiger partial charge in [-0.15, -0.1) is 0 Å². The third-order valence-electron chi connectivity index (χ3n) is 13.7. The molecule has 0 atom stereocenters. The topological polar surface area (TPSA) is 11.4 Å². The van der Waals surface area contributed by atoms with E-state index in [1.165, 1.54) is 75.6 Å². The first-order chi connectivity index (χ1) is 32.3. The maximum atomic E-state index is 2.57. The number of hydrogen-bond acceptors (Lipinski definition) is 2. The second kappa shape index (κ2) is 16.3. The predicted molar refractivity (Wildman–Crippen MR) is 298 cm³/mol. The Hall–Kier alpha value is -7.19. The lowest BCUT2D eigenvalue weighted by atomic mass is 9.96. The molecule has 0 spiro atoms. The summed E-state index contributed by atoms with van der Waals surface area (Å²) in [5.41, 5.74) is 12.8. The first-order valence-electron chi connectivity index (χ1n) is 23.7. The average molecular weight is 900 g/mol. The molecule has 0 aliphatic heterocycles. The van der Waals surface area contributed by atoms with Crippen LogP contribution in [-0.4, -0.2) is 20.7 Å². The summed E-state index contributed by atoms with van der Waals surface area (Å²) >= 11 is 0. The van der Waals surface area contributed by atoms with E-state index in [1.807, 2.05) is 0 Å². The van der Waals surface area contributed by atoms with Crippen LogP contribution >= 0.6 is 0 Å². The van der Waals surface area contributed by atoms with Gasteiger partial charge in [0.05, 0.1) is 44.2 Å². The summed E-state index contributed by atoms with van der Waals surface area (Å²) in [6.45, 7) is 18.9. The zero-order valence-corrected chi connectivity index (χ0v) is 41.9. The van der Waals surface area contributed by atoms with Crippen LogP contribution < -0.4 is 20.2 Å². The smallest absolute Gasteiger partial charge is 0.0775 e. The fourth-order valence-corrected chi connectivity index (χ4v) is 12.7. The predicted octanol–water partition coefficient (Wildman–Crippen LogP) is 16.9. The summed E-state index contributed by atoms with van der Waals surface area (Å²) in [6, 6.07) is 75.5. The molecule has 10 aromatic carbocycles. The number of fused-ring (bicyclic) bond motifs is 8. The van der Waals surface area contributed by atoms with Crippen LogP contribution in [0.3, 0.4) is 0 Å². The van der Waals surface area contributed by atoms with Crippen molar-refractivity contribution in [1.29, 1.82) is 0 Å². The summed E-state index contributed by atoms with van der Waals surface area (Å²) in [5.74, 6) is 0. The molecule has 5 heteroatoms. The molecule has 1 heterocycles. The van der Waals surface area contributed by atoms with E-state index in [-0.39, 0.29) is 0 Å². The maximum absolute atomic E-state index is 2.57. The van der Waals surface area contributed by atoms with Crippen LogP contribution in [0.1, 0.15) is 11.1 Å². The van der Waals surface area contributed by atoms with Gasteiger partial charge >= 0.3 is 0 Å². The molecule has 0 bridgehead atoms. The Balaban J connectivity index is 1.30. The molecule has 0 unspecified atom stereocenters. The van der Waals surface area contributed by atoms with Gasteiger partial charge in [0.1, 0.15) is 0 Å². The molecule has 0 aliphatic carbocycles. The van der Waals surface area contributed by atoms with Gasteiger partial charge in [0.15, 0.2) is 0 Å². The van der Waals surface area contributed by atoms with Crippen molar-refractivity contribution in [3.05, 3.63) is 211 Å². The molecule has 0 fully saturated rings. The molecule has 328 valence electrons. The number of benzene rings is 10. The van der Waals surface area contributed by atoms with E-state index in [0.29, 0.717) is 0 Å². The van der Waals surface area contributed by atoms with Crippen molar-refractivity contribution in [3.63, 3.8) is 0 Å². The van der Waals surface area contributed by atoms with E-state index in [0.717, 1.165) is 39.8 Å². The lowest BCUT2D eigenvalue weighted by Gasteiger charge is -2.28. The van der Waals surface area contributed by atoms with Crippen molar-refractivity contribution in [3.8, 4) is 5.69 Å². The quantitative estimate of drug-likeness (QED) is 0.134. The van der Waals surface area contributed by atoms with Crippen LogP contribution in [0.4, 0.5) is 34.1 Å². The molecule has 0 saturated carbocycles. The maximum Gasteiger partial charge on any atom is 0.0775 e. The molecule has 0 aliphatic rings. The Kier molecular flexibility index (Phi) is 10.3. The normalized spacial score (nSPS) is 12.2. The van der Waals surface area contributed by atoms with E-state index in [9.17, 15) is 0 Å². The lowest BCUT2D eigenvalue weighted by molar-refractivity contribution is 1.19. The molecular formula is C62H57N3Si2. The van der Waals surface area contributed by atoms with Gasteiger partial charge in [0.25, 0.3) is 0 Å². The van der Waals surface area contributed by atoms with Gasteiger partial charge in [0, 0.05) is 49.7 Å². The lowest BCUT2D eigenvalue weighted by Crippen LogP contribution is -2.37. The molecule has 0 radical (unpaired) electrons. The van der Waals surface area contributed by atoms with Gasteiger partial charge in [-0.25, -0.2) is 0 Å². The largest absolute Gasteiger partial charge is 0.310 e. The zero-order chi connectivity index (χ0) is 46.2. The Morgan fingerprint density at radius 3 is 1.16 bits per heavy atom. The van der Waals surface area contributed by atoms with E-state index >= 15 is 0 Å². The Labute approximate surface area is 397 Å². The number of aromatic nitrogens is 1. The van der Waals surface area contributed by atoms with E-state index in [4.69, 9.17) is 0 Å². The SMILES string of the molecule is Cc1cccc(N(c2ccc([Si](C)(C)C)cc2)c2cc3c(c4ccccc24)c2c4ccccc4c(N(c4ccc([Si](C)(C)C)cc4)c4cccc(C)c4)cc2n3-c2cccc3ccccc23)c1. The van der Waals surface area contributed by atoms with Crippen molar-refractivity contribution in [1.82, 2.24) is 4.57 Å². The number of aryl methyl sites for hydroxylation is 2. The number of nitrogens with zero attached hydrogens (tertiary/aromatic N) is 3. The van der Waals surface area contributed by atoms with E-state index in [2.05, 4.69) is 268 Å². The van der Waals surface area contributed by atoms with Crippen molar-refractivity contribution < 1.29 is 0 Å². The van der Waals surface area contributed by atoms with Gasteiger partial charge in [-0.1, -0.05) is 183 Å². The third kappa shape index (κ3) is 7.43. The Morgan fingerprint density at radius 1 is 0.343 bits per heavy atom. The molecule has 0 N–H and O–H groups in total. The van der Waals surface area contributed by atoms with Crippen molar-refractivity contribution in [2.45, 2.75) is 53.1 Å². The van der Waals surface area contributed by atoms with E-state index < -0.39 is 16.1 Å². The highest BCUT2D eigenvalue weighted by Crippen LogP contribution is 2.50. The standard InChI is InChI=1S/C62H57N3Si2/c1-42-18-15-22-47(38-42)63(45-30-34-49(35-31-45)66(3,4)5)57-40-59-61(54-27-13-11-25-52(54)57)62-55-28-14-12-26-53(55)58(41-60(62)65(59)56-29-17-21-44-20-9-10-24-51(44)56)64(48-23-16-19-43(2)39-48)46-32-36-50(37-33-46)67(6,7)8/h9-41H,1-8H3. The second-order valence-electron chi connectivity index (χ2n) is 20.4. The van der Waals surface area contributed by atoms with E-state index in [1.54, 1.807) is 0 Å². The zero-order valence-electron chi connectivity index (χ0n) is 39.9. The van der Waals surface area contributed by atoms with Gasteiger partial charge in [-0.2, -0.15) is 0 Å². The van der Waals surface area contributed by atoms with Crippen LogP contribution in [0.25, 0.3) is 59.8 Å². The molecule has 11 rings (SSSR count). The van der Waals surface area contributed by atoms with Crippen LogP contribution in [0.15, 0.2) is 200 Å². The fraction of sp³-hybridized carbons (Fsp3) is 0.129. The summed E-state index contributed by atoms with van der Waals surface area (Å²) in [5, 5.41) is 12.7. The second-order valence-corrected chi connectivity index (χ2v) is 30.6. The monoisotopic (exact) mass is 899 g/mol. The minimum Gasteiger partial charge on any atom is -0.310 e. The van der Waals surface area contributed by atoms with Crippen LogP contribution in [0.5, 0.6) is 0 Å². The van der Waals surface area contributed by atoms with Gasteiger partial charge in [0.2, 0.25) is 0 Å². The summed E-state index contributed by atoms with van der Waals surface area (Å²) < 4.78 is 2.57. The average Bonchev–Trinajstić information content (AvgIpc) is 3.65. The molecule has 1 aromatic heterocycles. The molecule has 3 nitrogen and oxygen atoms in total. The molecule has 0 amide bonds. The minimum absolute atomic E-state index is 1.14. The third-order valence-corrected chi connectivity index (χ3v) is 17.9. The first-order valence-corrected chi connectivity index (χ1v) is 30.7. The Morgan fingerprint density at radius 2 is 0.731 bits per heavy atom. The highest BCUT2D eigenvalue weighted by atomic mass is 28.3. The summed E-state index contributed by atoms with van der Waals surface area (Å²) in [4.78, 5) is 4.97. The van der Waals surface area contributed by atoms with Crippen LogP contribution in [-0.2, 0) is 0 Å². The molecular weight excluding hydrogens is 843 g/mol. The van der Waals surface area contributed by atoms with Gasteiger partial charge < -0.3 is 14.4 Å².